The molecule has 0 aliphatic carbocycles. The molecular weight excluding hydrogens is 246 g/mol. The number of aliphatic hydroxyl groups is 1. The molecule has 0 aliphatic heterocycles. The number of hydrogen-bond donors (Lipinski definition) is 2. The highest BCUT2D eigenvalue weighted by Gasteiger charge is 2.24. The third-order valence-corrected chi connectivity index (χ3v) is 3.19. The van der Waals surface area contributed by atoms with Crippen LogP contribution >= 0.6 is 0 Å². The van der Waals surface area contributed by atoms with Gasteiger partial charge in [-0.05, 0) is 31.5 Å². The Balaban J connectivity index is 2.94. The molecule has 0 saturated carbocycles. The molecule has 0 radical (unpaired) electrons. The van der Waals surface area contributed by atoms with Gasteiger partial charge in [-0.1, -0.05) is 6.92 Å². The number of hydrogen-bond acceptors (Lipinski definition) is 4. The van der Waals surface area contributed by atoms with Gasteiger partial charge in [-0.15, -0.1) is 0 Å². The van der Waals surface area contributed by atoms with E-state index in [-0.39, 0.29) is 12.5 Å². The quantitative estimate of drug-likeness (QED) is 0.821. The molecule has 19 heavy (non-hydrogen) atoms. The van der Waals surface area contributed by atoms with E-state index in [2.05, 4.69) is 5.32 Å². The molecule has 1 atom stereocenters. The number of ether oxygens (including phenoxy) is 2. The second-order valence-electron chi connectivity index (χ2n) is 4.60. The van der Waals surface area contributed by atoms with E-state index < -0.39 is 5.54 Å². The molecule has 2 N–H and O–H groups in total. The number of nitrogens with one attached hydrogen (secondary N) is 1. The van der Waals surface area contributed by atoms with Crippen molar-refractivity contribution >= 4 is 5.91 Å². The fourth-order valence-electron chi connectivity index (χ4n) is 1.56. The molecule has 5 heteroatoms. The van der Waals surface area contributed by atoms with Crippen LogP contribution in [0.5, 0.6) is 11.5 Å². The minimum absolute atomic E-state index is 0.109. The van der Waals surface area contributed by atoms with E-state index in [4.69, 9.17) is 9.47 Å². The SMILES string of the molecule is CCC(C)(CO)NC(=O)c1ccc(OC)c(OC)c1. The van der Waals surface area contributed by atoms with Crippen molar-refractivity contribution in [1.29, 1.82) is 0 Å². The summed E-state index contributed by atoms with van der Waals surface area (Å²) in [5, 5.41) is 12.1. The van der Waals surface area contributed by atoms with Crippen LogP contribution in [0.1, 0.15) is 30.6 Å². The lowest BCUT2D eigenvalue weighted by Crippen LogP contribution is -2.48. The van der Waals surface area contributed by atoms with Gasteiger partial charge in [0.15, 0.2) is 11.5 Å². The van der Waals surface area contributed by atoms with Gasteiger partial charge < -0.3 is 19.9 Å². The molecule has 1 amide bonds. The molecule has 1 aromatic carbocycles. The van der Waals surface area contributed by atoms with E-state index in [0.29, 0.717) is 23.5 Å². The van der Waals surface area contributed by atoms with Gasteiger partial charge in [0.1, 0.15) is 0 Å². The molecule has 1 unspecified atom stereocenters. The van der Waals surface area contributed by atoms with Crippen molar-refractivity contribution in [2.75, 3.05) is 20.8 Å². The second-order valence-corrected chi connectivity index (χ2v) is 4.60. The lowest BCUT2D eigenvalue weighted by molar-refractivity contribution is 0.0847. The zero-order valence-corrected chi connectivity index (χ0v) is 11.8. The highest BCUT2D eigenvalue weighted by molar-refractivity contribution is 5.95. The van der Waals surface area contributed by atoms with Gasteiger partial charge in [0.2, 0.25) is 0 Å². The molecule has 0 aliphatic rings. The van der Waals surface area contributed by atoms with E-state index in [1.165, 1.54) is 14.2 Å². The number of methoxy groups -OCH3 is 2. The molecule has 0 heterocycles. The van der Waals surface area contributed by atoms with Gasteiger partial charge in [0, 0.05) is 5.56 Å². The lowest BCUT2D eigenvalue weighted by Gasteiger charge is -2.27. The van der Waals surface area contributed by atoms with E-state index in [0.717, 1.165) is 0 Å². The molecule has 0 bridgehead atoms. The van der Waals surface area contributed by atoms with Crippen LogP contribution in [0, 0.1) is 0 Å². The Kier molecular flexibility index (Phi) is 5.18. The number of carbonyl (C=O) groups excluding carboxylic acids is 1. The fourth-order valence-corrected chi connectivity index (χ4v) is 1.56. The van der Waals surface area contributed by atoms with Crippen molar-refractivity contribution in [3.05, 3.63) is 23.8 Å². The van der Waals surface area contributed by atoms with Crippen LogP contribution in [0.3, 0.4) is 0 Å². The van der Waals surface area contributed by atoms with Crippen molar-refractivity contribution < 1.29 is 19.4 Å². The molecular formula is C14H21NO4. The average molecular weight is 267 g/mol. The standard InChI is InChI=1S/C14H21NO4/c1-5-14(2,9-16)15-13(17)10-6-7-11(18-3)12(8-10)19-4/h6-8,16H,5,9H2,1-4H3,(H,15,17). The highest BCUT2D eigenvalue weighted by Crippen LogP contribution is 2.27. The van der Waals surface area contributed by atoms with Crippen molar-refractivity contribution in [2.24, 2.45) is 0 Å². The zero-order chi connectivity index (χ0) is 14.5. The average Bonchev–Trinajstić information content (AvgIpc) is 2.46. The number of rotatable bonds is 6. The summed E-state index contributed by atoms with van der Waals surface area (Å²) in [6.45, 7) is 3.60. The topological polar surface area (TPSA) is 67.8 Å². The first kappa shape index (κ1) is 15.3. The Hall–Kier alpha value is -1.75. The van der Waals surface area contributed by atoms with Crippen LogP contribution in [-0.4, -0.2) is 37.4 Å². The summed E-state index contributed by atoms with van der Waals surface area (Å²) >= 11 is 0. The zero-order valence-electron chi connectivity index (χ0n) is 11.8. The Morgan fingerprint density at radius 2 is 1.95 bits per heavy atom. The third-order valence-electron chi connectivity index (χ3n) is 3.19. The van der Waals surface area contributed by atoms with Crippen LogP contribution in [0.4, 0.5) is 0 Å². The molecule has 1 aromatic rings. The van der Waals surface area contributed by atoms with E-state index in [1.54, 1.807) is 25.1 Å². The predicted octanol–water partition coefficient (Wildman–Crippen LogP) is 1.59. The van der Waals surface area contributed by atoms with Gasteiger partial charge in [-0.3, -0.25) is 4.79 Å². The predicted molar refractivity (Wildman–Crippen MR) is 72.8 cm³/mol. The third kappa shape index (κ3) is 3.61. The summed E-state index contributed by atoms with van der Waals surface area (Å²) in [4.78, 5) is 12.1. The summed E-state index contributed by atoms with van der Waals surface area (Å²) in [6.07, 6.45) is 0.641. The number of aliphatic hydroxyl groups excluding tert-OH is 1. The molecule has 5 nitrogen and oxygen atoms in total. The van der Waals surface area contributed by atoms with Gasteiger partial charge in [0.05, 0.1) is 26.4 Å². The minimum Gasteiger partial charge on any atom is -0.493 e. The maximum Gasteiger partial charge on any atom is 0.251 e. The Morgan fingerprint density at radius 1 is 1.32 bits per heavy atom. The number of benzene rings is 1. The highest BCUT2D eigenvalue weighted by atomic mass is 16.5. The van der Waals surface area contributed by atoms with E-state index >= 15 is 0 Å². The van der Waals surface area contributed by atoms with Crippen molar-refractivity contribution in [3.8, 4) is 11.5 Å². The maximum atomic E-state index is 12.1. The van der Waals surface area contributed by atoms with E-state index in [1.807, 2.05) is 6.92 Å². The largest absolute Gasteiger partial charge is 0.493 e. The summed E-state index contributed by atoms with van der Waals surface area (Å²) in [5.41, 5.74) is -0.157. The molecule has 1 rings (SSSR count). The summed E-state index contributed by atoms with van der Waals surface area (Å²) in [6, 6.07) is 4.95. The monoisotopic (exact) mass is 267 g/mol. The van der Waals surface area contributed by atoms with Crippen LogP contribution in [0.15, 0.2) is 18.2 Å². The fraction of sp³-hybridized carbons (Fsp3) is 0.500. The van der Waals surface area contributed by atoms with Crippen LogP contribution in [0.25, 0.3) is 0 Å². The van der Waals surface area contributed by atoms with E-state index in [9.17, 15) is 9.90 Å². The summed E-state index contributed by atoms with van der Waals surface area (Å²) in [7, 11) is 3.06. The molecule has 0 fully saturated rings. The number of carbonyl (C=O) groups is 1. The van der Waals surface area contributed by atoms with Gasteiger partial charge in [-0.25, -0.2) is 0 Å². The Labute approximate surface area is 113 Å². The van der Waals surface area contributed by atoms with Gasteiger partial charge in [0.25, 0.3) is 5.91 Å². The van der Waals surface area contributed by atoms with Crippen molar-refractivity contribution in [2.45, 2.75) is 25.8 Å². The first-order valence-electron chi connectivity index (χ1n) is 6.15. The second kappa shape index (κ2) is 6.43. The Bertz CT molecular complexity index is 441. The van der Waals surface area contributed by atoms with Crippen LogP contribution in [-0.2, 0) is 0 Å². The normalized spacial score (nSPS) is 13.5. The summed E-state index contributed by atoms with van der Waals surface area (Å²) < 4.78 is 10.3. The molecule has 0 saturated heterocycles. The lowest BCUT2D eigenvalue weighted by atomic mass is 9.99. The van der Waals surface area contributed by atoms with Crippen molar-refractivity contribution in [1.82, 2.24) is 5.32 Å². The van der Waals surface area contributed by atoms with Crippen molar-refractivity contribution in [3.63, 3.8) is 0 Å². The number of amides is 1. The van der Waals surface area contributed by atoms with Crippen LogP contribution in [0.2, 0.25) is 0 Å². The van der Waals surface area contributed by atoms with Gasteiger partial charge >= 0.3 is 0 Å². The van der Waals surface area contributed by atoms with Gasteiger partial charge in [-0.2, -0.15) is 0 Å². The van der Waals surface area contributed by atoms with Crippen LogP contribution < -0.4 is 14.8 Å². The smallest absolute Gasteiger partial charge is 0.251 e. The molecule has 0 aromatic heterocycles. The maximum absolute atomic E-state index is 12.1. The molecule has 0 spiro atoms. The summed E-state index contributed by atoms with van der Waals surface area (Å²) in [5.74, 6) is 0.816. The Morgan fingerprint density at radius 3 is 2.42 bits per heavy atom. The first-order valence-corrected chi connectivity index (χ1v) is 6.15. The first-order chi connectivity index (χ1) is 8.99. The molecule has 106 valence electrons. The minimum atomic E-state index is -0.621.